The van der Waals surface area contributed by atoms with Gasteiger partial charge in [0, 0.05) is 16.3 Å². The smallest absolute Gasteiger partial charge is 0.136 e. The maximum atomic E-state index is 11.3. The summed E-state index contributed by atoms with van der Waals surface area (Å²) in [5, 5.41) is 5.52. The van der Waals surface area contributed by atoms with E-state index in [1.165, 1.54) is 27.6 Å². The molecule has 1 aliphatic rings. The summed E-state index contributed by atoms with van der Waals surface area (Å²) in [5.74, 6) is 0. The van der Waals surface area contributed by atoms with Gasteiger partial charge in [0.2, 0.25) is 0 Å². The van der Waals surface area contributed by atoms with Crippen LogP contribution in [0.5, 0.6) is 0 Å². The molecule has 28 heavy (non-hydrogen) atoms. The van der Waals surface area contributed by atoms with Crippen LogP contribution in [0.2, 0.25) is 0 Å². The Hall–Kier alpha value is -3.72. The van der Waals surface area contributed by atoms with Gasteiger partial charge in [0.25, 0.3) is 0 Å². The average molecular weight is 361 g/mol. The Morgan fingerprint density at radius 3 is 2.50 bits per heavy atom. The van der Waals surface area contributed by atoms with E-state index in [0.29, 0.717) is 5.69 Å². The Labute approximate surface area is 161 Å². The van der Waals surface area contributed by atoms with Crippen LogP contribution >= 0.6 is 0 Å². The summed E-state index contributed by atoms with van der Waals surface area (Å²) in [6, 6.07) is 26.3. The van der Waals surface area contributed by atoms with Gasteiger partial charge in [0.15, 0.2) is 0 Å². The van der Waals surface area contributed by atoms with Crippen molar-refractivity contribution in [1.29, 1.82) is 0 Å². The van der Waals surface area contributed by atoms with E-state index in [1.54, 1.807) is 6.07 Å². The minimum absolute atomic E-state index is 0.465. The molecule has 0 bridgehead atoms. The fourth-order valence-corrected chi connectivity index (χ4v) is 4.45. The topological polar surface area (TPSA) is 42.6 Å². The minimum atomic E-state index is 0.465. The van der Waals surface area contributed by atoms with Crippen LogP contribution < -0.4 is 0 Å². The van der Waals surface area contributed by atoms with Crippen LogP contribution in [0, 0.1) is 4.91 Å². The zero-order chi connectivity index (χ0) is 18.7. The number of furan rings is 1. The van der Waals surface area contributed by atoms with E-state index in [4.69, 9.17) is 4.42 Å². The third-order valence-corrected chi connectivity index (χ3v) is 5.70. The van der Waals surface area contributed by atoms with Gasteiger partial charge in [-0.05, 0) is 63.7 Å². The van der Waals surface area contributed by atoms with E-state index >= 15 is 0 Å². The van der Waals surface area contributed by atoms with Crippen molar-refractivity contribution in [2.24, 2.45) is 5.18 Å². The maximum absolute atomic E-state index is 11.3. The van der Waals surface area contributed by atoms with Crippen LogP contribution in [0.3, 0.4) is 0 Å². The number of para-hydroxylation sites is 1. The van der Waals surface area contributed by atoms with E-state index in [0.717, 1.165) is 34.1 Å². The lowest BCUT2D eigenvalue weighted by atomic mass is 9.95. The molecule has 3 nitrogen and oxygen atoms in total. The maximum Gasteiger partial charge on any atom is 0.136 e. The molecular weight excluding hydrogens is 346 g/mol. The number of hydrogen-bond donors (Lipinski definition) is 0. The summed E-state index contributed by atoms with van der Waals surface area (Å²) in [5.41, 5.74) is 9.22. The molecule has 0 saturated heterocycles. The van der Waals surface area contributed by atoms with Crippen LogP contribution in [0.1, 0.15) is 11.1 Å². The van der Waals surface area contributed by atoms with Gasteiger partial charge < -0.3 is 4.42 Å². The molecule has 0 saturated carbocycles. The normalized spacial score (nSPS) is 12.3. The average Bonchev–Trinajstić information content (AvgIpc) is 3.30. The zero-order valence-corrected chi connectivity index (χ0v) is 15.0. The van der Waals surface area contributed by atoms with Gasteiger partial charge in [0.05, 0.1) is 0 Å². The molecule has 5 aromatic rings. The van der Waals surface area contributed by atoms with Crippen LogP contribution in [0.4, 0.5) is 5.69 Å². The monoisotopic (exact) mass is 361 g/mol. The van der Waals surface area contributed by atoms with E-state index in [2.05, 4.69) is 47.6 Å². The van der Waals surface area contributed by atoms with E-state index in [1.807, 2.05) is 30.3 Å². The largest absolute Gasteiger partial charge is 0.456 e. The van der Waals surface area contributed by atoms with Crippen molar-refractivity contribution in [2.75, 3.05) is 0 Å². The van der Waals surface area contributed by atoms with Gasteiger partial charge in [0.1, 0.15) is 16.9 Å². The molecule has 1 aromatic heterocycles. The quantitative estimate of drug-likeness (QED) is 0.305. The molecule has 3 heteroatoms. The molecule has 4 aromatic carbocycles. The third kappa shape index (κ3) is 2.04. The van der Waals surface area contributed by atoms with Gasteiger partial charge >= 0.3 is 0 Å². The molecule has 6 rings (SSSR count). The molecule has 0 N–H and O–H groups in total. The molecule has 0 unspecified atom stereocenters. The fourth-order valence-electron chi connectivity index (χ4n) is 4.45. The molecule has 0 radical (unpaired) electrons. The first-order chi connectivity index (χ1) is 13.8. The molecular formula is C25H15NO2. The highest BCUT2D eigenvalue weighted by molar-refractivity contribution is 6.14. The van der Waals surface area contributed by atoms with E-state index in [9.17, 15) is 4.91 Å². The third-order valence-electron chi connectivity index (χ3n) is 5.70. The van der Waals surface area contributed by atoms with Crippen molar-refractivity contribution in [2.45, 2.75) is 6.42 Å². The molecule has 1 aliphatic carbocycles. The summed E-state index contributed by atoms with van der Waals surface area (Å²) in [7, 11) is 0. The highest BCUT2D eigenvalue weighted by Gasteiger charge is 2.24. The van der Waals surface area contributed by atoms with Crippen LogP contribution in [0.15, 0.2) is 88.5 Å². The lowest BCUT2D eigenvalue weighted by Crippen LogP contribution is -1.84. The standard InChI is InChI=1S/C25H15NO2/c27-26-21-7-3-1-5-18(21)16-10-9-15-13-17-11-12-23-25(24(17)20(15)14-16)19-6-2-4-8-22(19)28-23/h1-12,14H,13H2. The summed E-state index contributed by atoms with van der Waals surface area (Å²) in [6.45, 7) is 0. The van der Waals surface area contributed by atoms with Gasteiger partial charge in [-0.15, -0.1) is 4.91 Å². The number of rotatable bonds is 2. The summed E-state index contributed by atoms with van der Waals surface area (Å²) in [4.78, 5) is 11.3. The molecule has 0 atom stereocenters. The Bertz CT molecular complexity index is 1410. The van der Waals surface area contributed by atoms with Gasteiger partial charge in [-0.25, -0.2) is 0 Å². The lowest BCUT2D eigenvalue weighted by Gasteiger charge is -2.08. The molecule has 0 fully saturated rings. The van der Waals surface area contributed by atoms with Crippen molar-refractivity contribution >= 4 is 27.6 Å². The van der Waals surface area contributed by atoms with Gasteiger partial charge in [-0.1, -0.05) is 54.6 Å². The zero-order valence-electron chi connectivity index (χ0n) is 15.0. The Balaban J connectivity index is 1.66. The molecule has 132 valence electrons. The minimum Gasteiger partial charge on any atom is -0.456 e. The first-order valence-electron chi connectivity index (χ1n) is 9.32. The summed E-state index contributed by atoms with van der Waals surface area (Å²) >= 11 is 0. The second kappa shape index (κ2) is 5.64. The highest BCUT2D eigenvalue weighted by atomic mass is 16.3. The number of benzene rings is 4. The Kier molecular flexibility index (Phi) is 3.09. The van der Waals surface area contributed by atoms with Crippen molar-refractivity contribution in [3.05, 3.63) is 94.9 Å². The predicted octanol–water partition coefficient (Wildman–Crippen LogP) is 7.22. The molecule has 1 heterocycles. The van der Waals surface area contributed by atoms with E-state index in [-0.39, 0.29) is 0 Å². The van der Waals surface area contributed by atoms with Gasteiger partial charge in [-0.2, -0.15) is 0 Å². The highest BCUT2D eigenvalue weighted by Crippen LogP contribution is 2.46. The van der Waals surface area contributed by atoms with Crippen LogP contribution in [-0.2, 0) is 6.42 Å². The molecule has 0 amide bonds. The lowest BCUT2D eigenvalue weighted by molar-refractivity contribution is 0.669. The SMILES string of the molecule is O=Nc1ccccc1-c1ccc2c(c1)-c1c(ccc3oc4ccccc4c13)C2. The van der Waals surface area contributed by atoms with Crippen molar-refractivity contribution in [1.82, 2.24) is 0 Å². The van der Waals surface area contributed by atoms with Crippen molar-refractivity contribution in [3.8, 4) is 22.3 Å². The summed E-state index contributed by atoms with van der Waals surface area (Å²) < 4.78 is 6.09. The first kappa shape index (κ1) is 15.3. The molecule has 0 spiro atoms. The van der Waals surface area contributed by atoms with Crippen LogP contribution in [0.25, 0.3) is 44.2 Å². The first-order valence-corrected chi connectivity index (χ1v) is 9.32. The Morgan fingerprint density at radius 2 is 1.57 bits per heavy atom. The summed E-state index contributed by atoms with van der Waals surface area (Å²) in [6.07, 6.45) is 0.911. The Morgan fingerprint density at radius 1 is 0.750 bits per heavy atom. The fraction of sp³-hybridized carbons (Fsp3) is 0.0400. The number of fused-ring (bicyclic) bond motifs is 7. The number of nitroso groups, excluding NO2 is 1. The van der Waals surface area contributed by atoms with E-state index < -0.39 is 0 Å². The van der Waals surface area contributed by atoms with Crippen molar-refractivity contribution < 1.29 is 4.42 Å². The second-order valence-corrected chi connectivity index (χ2v) is 7.23. The molecule has 0 aliphatic heterocycles. The van der Waals surface area contributed by atoms with Gasteiger partial charge in [-0.3, -0.25) is 0 Å². The van der Waals surface area contributed by atoms with Crippen molar-refractivity contribution in [3.63, 3.8) is 0 Å². The number of hydrogen-bond acceptors (Lipinski definition) is 3. The van der Waals surface area contributed by atoms with Crippen LogP contribution in [-0.4, -0.2) is 0 Å². The number of nitrogens with zero attached hydrogens (tertiary/aromatic N) is 1. The predicted molar refractivity (Wildman–Crippen MR) is 113 cm³/mol. The second-order valence-electron chi connectivity index (χ2n) is 7.23.